The molecule has 2 rings (SSSR count). The third kappa shape index (κ3) is 7.40. The van der Waals surface area contributed by atoms with Gasteiger partial charge in [0.1, 0.15) is 12.2 Å². The van der Waals surface area contributed by atoms with Gasteiger partial charge in [0.05, 0.1) is 17.3 Å². The van der Waals surface area contributed by atoms with Gasteiger partial charge in [-0.2, -0.15) is 0 Å². The monoisotopic (exact) mass is 490 g/mol. The lowest BCUT2D eigenvalue weighted by Gasteiger charge is -2.12. The first-order valence-corrected chi connectivity index (χ1v) is 9.88. The van der Waals surface area contributed by atoms with Gasteiger partial charge in [-0.1, -0.05) is 25.1 Å². The van der Waals surface area contributed by atoms with Crippen LogP contribution in [0, 0.1) is 0 Å². The molecule has 144 valence electrons. The van der Waals surface area contributed by atoms with E-state index in [1.54, 1.807) is 6.33 Å². The van der Waals surface area contributed by atoms with Crippen molar-refractivity contribution in [1.29, 1.82) is 0 Å². The number of benzene rings is 1. The Hall–Kier alpha value is -1.49. The summed E-state index contributed by atoms with van der Waals surface area (Å²) in [6.45, 7) is 6.86. The average molecular weight is 490 g/mol. The molecule has 0 bridgehead atoms. The van der Waals surface area contributed by atoms with Gasteiger partial charge >= 0.3 is 0 Å². The van der Waals surface area contributed by atoms with Crippen molar-refractivity contribution in [2.75, 3.05) is 25.4 Å². The number of guanidine groups is 1. The van der Waals surface area contributed by atoms with E-state index in [1.165, 1.54) is 0 Å². The standard InChI is InChI=1S/C17H26N6OS.HI/c1-3-16-22-21-14-23(16)12-10-19-17(18-4-2)20-11-13-25(24)15-8-6-5-7-9-15;/h5-9,14H,3-4,10-13H2,1-2H3,(H2,18,19,20);1H. The average Bonchev–Trinajstić information content (AvgIpc) is 3.10. The molecule has 1 unspecified atom stereocenters. The summed E-state index contributed by atoms with van der Waals surface area (Å²) >= 11 is 0. The third-order valence-electron chi connectivity index (χ3n) is 3.55. The topological polar surface area (TPSA) is 84.2 Å². The Balaban J connectivity index is 0.00000338. The van der Waals surface area contributed by atoms with Crippen LogP contribution in [-0.4, -0.2) is 50.3 Å². The van der Waals surface area contributed by atoms with Crippen molar-refractivity contribution in [2.45, 2.75) is 31.7 Å². The van der Waals surface area contributed by atoms with Crippen LogP contribution in [0.5, 0.6) is 0 Å². The maximum Gasteiger partial charge on any atom is 0.191 e. The molecular formula is C17H27IN6OS. The summed E-state index contributed by atoms with van der Waals surface area (Å²) in [5, 5.41) is 14.5. The van der Waals surface area contributed by atoms with Gasteiger partial charge < -0.3 is 15.2 Å². The Morgan fingerprint density at radius 3 is 2.69 bits per heavy atom. The number of hydrogen-bond donors (Lipinski definition) is 2. The van der Waals surface area contributed by atoms with Crippen molar-refractivity contribution in [3.63, 3.8) is 0 Å². The molecule has 0 aliphatic heterocycles. The first kappa shape index (κ1) is 22.6. The highest BCUT2D eigenvalue weighted by atomic mass is 127. The second kappa shape index (κ2) is 12.8. The fourth-order valence-electron chi connectivity index (χ4n) is 2.31. The Bertz CT molecular complexity index is 692. The van der Waals surface area contributed by atoms with Crippen molar-refractivity contribution in [1.82, 2.24) is 25.4 Å². The Kier molecular flexibility index (Phi) is 11.1. The second-order valence-corrected chi connectivity index (χ2v) is 6.91. The number of nitrogens with zero attached hydrogens (tertiary/aromatic N) is 4. The van der Waals surface area contributed by atoms with Crippen LogP contribution in [0.1, 0.15) is 19.7 Å². The maximum atomic E-state index is 12.2. The summed E-state index contributed by atoms with van der Waals surface area (Å²) in [4.78, 5) is 5.34. The maximum absolute atomic E-state index is 12.2. The fourth-order valence-corrected chi connectivity index (χ4v) is 3.26. The largest absolute Gasteiger partial charge is 0.357 e. The molecule has 0 aliphatic carbocycles. The minimum Gasteiger partial charge on any atom is -0.357 e. The highest BCUT2D eigenvalue weighted by Gasteiger charge is 2.04. The first-order chi connectivity index (χ1) is 12.2. The second-order valence-electron chi connectivity index (χ2n) is 5.34. The Labute approximate surface area is 174 Å². The van der Waals surface area contributed by atoms with Crippen molar-refractivity contribution in [2.24, 2.45) is 4.99 Å². The number of aromatic nitrogens is 3. The van der Waals surface area contributed by atoms with Crippen LogP contribution in [0.3, 0.4) is 0 Å². The molecule has 0 radical (unpaired) electrons. The number of hydrogen-bond acceptors (Lipinski definition) is 4. The molecule has 2 N–H and O–H groups in total. The zero-order valence-corrected chi connectivity index (χ0v) is 18.4. The van der Waals surface area contributed by atoms with Crippen LogP contribution < -0.4 is 10.6 Å². The SMILES string of the molecule is CCNC(=NCCS(=O)c1ccccc1)NCCn1cnnc1CC.I. The quantitative estimate of drug-likeness (QED) is 0.318. The molecule has 1 aromatic carbocycles. The molecule has 26 heavy (non-hydrogen) atoms. The number of halogens is 1. The van der Waals surface area contributed by atoms with Crippen molar-refractivity contribution < 1.29 is 4.21 Å². The molecule has 0 fully saturated rings. The number of nitrogens with one attached hydrogen (secondary N) is 2. The van der Waals surface area contributed by atoms with Crippen molar-refractivity contribution in [3.8, 4) is 0 Å². The highest BCUT2D eigenvalue weighted by molar-refractivity contribution is 14.0. The molecule has 1 heterocycles. The smallest absolute Gasteiger partial charge is 0.191 e. The molecule has 0 saturated heterocycles. The van der Waals surface area contributed by atoms with Crippen LogP contribution >= 0.6 is 24.0 Å². The van der Waals surface area contributed by atoms with Crippen LogP contribution in [-0.2, 0) is 23.8 Å². The lowest BCUT2D eigenvalue weighted by Crippen LogP contribution is -2.39. The summed E-state index contributed by atoms with van der Waals surface area (Å²) in [6, 6.07) is 9.49. The van der Waals surface area contributed by atoms with Crippen molar-refractivity contribution >= 4 is 40.7 Å². The van der Waals surface area contributed by atoms with Gasteiger partial charge in [0, 0.05) is 36.7 Å². The van der Waals surface area contributed by atoms with E-state index < -0.39 is 10.8 Å². The zero-order chi connectivity index (χ0) is 17.9. The van der Waals surface area contributed by atoms with E-state index in [0.29, 0.717) is 12.3 Å². The summed E-state index contributed by atoms with van der Waals surface area (Å²) in [6.07, 6.45) is 2.60. The van der Waals surface area contributed by atoms with Crippen LogP contribution in [0.25, 0.3) is 0 Å². The predicted octanol–water partition coefficient (Wildman–Crippen LogP) is 1.82. The normalized spacial score (nSPS) is 12.3. The molecule has 1 atom stereocenters. The van der Waals surface area contributed by atoms with E-state index in [-0.39, 0.29) is 24.0 Å². The lowest BCUT2D eigenvalue weighted by molar-refractivity contribution is 0.633. The van der Waals surface area contributed by atoms with E-state index in [1.807, 2.05) is 41.8 Å². The van der Waals surface area contributed by atoms with E-state index in [0.717, 1.165) is 42.7 Å². The zero-order valence-electron chi connectivity index (χ0n) is 15.2. The van der Waals surface area contributed by atoms with Crippen molar-refractivity contribution in [3.05, 3.63) is 42.5 Å². The van der Waals surface area contributed by atoms with Gasteiger partial charge in [-0.15, -0.1) is 34.2 Å². The summed E-state index contributed by atoms with van der Waals surface area (Å²) < 4.78 is 14.2. The third-order valence-corrected chi connectivity index (χ3v) is 4.91. The molecule has 0 spiro atoms. The van der Waals surface area contributed by atoms with Gasteiger partial charge in [0.2, 0.25) is 0 Å². The van der Waals surface area contributed by atoms with E-state index in [4.69, 9.17) is 0 Å². The van der Waals surface area contributed by atoms with Gasteiger partial charge in [-0.3, -0.25) is 9.20 Å². The molecule has 0 aliphatic rings. The van der Waals surface area contributed by atoms with Gasteiger partial charge in [-0.05, 0) is 19.1 Å². The molecule has 7 nitrogen and oxygen atoms in total. The number of rotatable bonds is 9. The highest BCUT2D eigenvalue weighted by Crippen LogP contribution is 2.05. The lowest BCUT2D eigenvalue weighted by atomic mass is 10.4. The minimum absolute atomic E-state index is 0. The predicted molar refractivity (Wildman–Crippen MR) is 117 cm³/mol. The summed E-state index contributed by atoms with van der Waals surface area (Å²) in [5.74, 6) is 2.21. The molecule has 0 saturated carbocycles. The van der Waals surface area contributed by atoms with Gasteiger partial charge in [0.15, 0.2) is 5.96 Å². The van der Waals surface area contributed by atoms with E-state index >= 15 is 0 Å². The summed E-state index contributed by atoms with van der Waals surface area (Å²) in [5.41, 5.74) is 0. The van der Waals surface area contributed by atoms with Gasteiger partial charge in [0.25, 0.3) is 0 Å². The molecule has 9 heteroatoms. The Morgan fingerprint density at radius 1 is 1.23 bits per heavy atom. The Morgan fingerprint density at radius 2 is 2.00 bits per heavy atom. The minimum atomic E-state index is -1.02. The van der Waals surface area contributed by atoms with Crippen LogP contribution in [0.4, 0.5) is 0 Å². The molecule has 2 aromatic rings. The van der Waals surface area contributed by atoms with Crippen LogP contribution in [0.15, 0.2) is 46.5 Å². The number of aliphatic imine (C=N–C) groups is 1. The first-order valence-electron chi connectivity index (χ1n) is 8.56. The molecule has 0 amide bonds. The molecular weight excluding hydrogens is 463 g/mol. The van der Waals surface area contributed by atoms with Gasteiger partial charge in [-0.25, -0.2) is 0 Å². The van der Waals surface area contributed by atoms with Crippen LogP contribution in [0.2, 0.25) is 0 Å². The molecule has 1 aromatic heterocycles. The van der Waals surface area contributed by atoms with E-state index in [9.17, 15) is 4.21 Å². The summed E-state index contributed by atoms with van der Waals surface area (Å²) in [7, 11) is -1.02. The van der Waals surface area contributed by atoms with E-state index in [2.05, 4.69) is 32.7 Å². The fraction of sp³-hybridized carbons (Fsp3) is 0.471. The number of aryl methyl sites for hydroxylation is 1.